The molecule has 10 heteroatoms. The number of carbonyl (C=O) groups excluding carboxylic acids is 1. The second-order valence-corrected chi connectivity index (χ2v) is 7.22. The number of rotatable bonds is 5. The van der Waals surface area contributed by atoms with Crippen LogP contribution in [0.4, 0.5) is 8.78 Å². The molecule has 1 amide bonds. The van der Waals surface area contributed by atoms with Crippen LogP contribution in [-0.4, -0.2) is 26.5 Å². The summed E-state index contributed by atoms with van der Waals surface area (Å²) in [6.07, 6.45) is 0. The second-order valence-electron chi connectivity index (χ2n) is 5.87. The molecule has 6 nitrogen and oxygen atoms in total. The van der Waals surface area contributed by atoms with Crippen LogP contribution >= 0.6 is 23.4 Å². The quantitative estimate of drug-likeness (QED) is 0.629. The van der Waals surface area contributed by atoms with E-state index in [9.17, 15) is 13.6 Å². The molecule has 0 saturated carbocycles. The van der Waals surface area contributed by atoms with Gasteiger partial charge in [-0.2, -0.15) is 0 Å². The number of thioether (sulfide) groups is 1. The molecule has 1 aliphatic rings. The van der Waals surface area contributed by atoms with Crippen molar-refractivity contribution in [1.29, 1.82) is 0 Å². The number of benzene rings is 2. The van der Waals surface area contributed by atoms with Crippen LogP contribution in [0.3, 0.4) is 0 Å². The number of aromatic nitrogens is 3. The molecule has 0 bridgehead atoms. The first-order valence-corrected chi connectivity index (χ1v) is 9.59. The van der Waals surface area contributed by atoms with Crippen LogP contribution in [-0.2, 0) is 17.9 Å². The molecule has 0 N–H and O–H groups in total. The fraction of sp³-hybridized carbons (Fsp3) is 0.167. The number of halogens is 3. The van der Waals surface area contributed by atoms with Crippen LogP contribution in [0.25, 0.3) is 0 Å². The zero-order valence-corrected chi connectivity index (χ0v) is 15.9. The number of hydrogen-bond donors (Lipinski definition) is 0. The van der Waals surface area contributed by atoms with Gasteiger partial charge in [-0.3, -0.25) is 4.79 Å². The molecule has 2 heterocycles. The van der Waals surface area contributed by atoms with Gasteiger partial charge in [0.25, 0.3) is 5.91 Å². The Morgan fingerprint density at radius 3 is 2.61 bits per heavy atom. The molecule has 0 spiro atoms. The van der Waals surface area contributed by atoms with Crippen LogP contribution in [0.1, 0.15) is 11.4 Å². The van der Waals surface area contributed by atoms with Gasteiger partial charge in [0.1, 0.15) is 24.0 Å². The van der Waals surface area contributed by atoms with Crippen molar-refractivity contribution in [2.24, 2.45) is 0 Å². The number of ether oxygens (including phenoxy) is 1. The zero-order chi connectivity index (χ0) is 19.7. The standard InChI is InChI=1S/C18H13ClF2N4O2S/c19-12-4-1-2-7-15(12)27-9-16-22-23-18-25(16)24(17(26)10-28-18)8-11-13(20)5-3-6-14(11)21/h1-7H,8-10H2. The molecular formula is C18H13ClF2N4O2S. The summed E-state index contributed by atoms with van der Waals surface area (Å²) in [6.45, 7) is -0.317. The van der Waals surface area contributed by atoms with Crippen LogP contribution in [0.5, 0.6) is 5.75 Å². The Morgan fingerprint density at radius 2 is 1.86 bits per heavy atom. The molecule has 0 unspecified atom stereocenters. The number of fused-ring (bicyclic) bond motifs is 1. The van der Waals surface area contributed by atoms with Crippen LogP contribution in [0.15, 0.2) is 47.6 Å². The van der Waals surface area contributed by atoms with E-state index in [-0.39, 0.29) is 30.4 Å². The van der Waals surface area contributed by atoms with Crippen molar-refractivity contribution in [3.05, 3.63) is 70.5 Å². The Bertz CT molecular complexity index is 1030. The first kappa shape index (κ1) is 18.7. The lowest BCUT2D eigenvalue weighted by molar-refractivity contribution is -0.118. The van der Waals surface area contributed by atoms with E-state index in [1.165, 1.54) is 27.5 Å². The normalized spacial score (nSPS) is 13.5. The molecular weight excluding hydrogens is 410 g/mol. The summed E-state index contributed by atoms with van der Waals surface area (Å²) in [6, 6.07) is 10.5. The zero-order valence-electron chi connectivity index (χ0n) is 14.3. The van der Waals surface area contributed by atoms with Crippen LogP contribution in [0.2, 0.25) is 5.02 Å². The third-order valence-corrected chi connectivity index (χ3v) is 5.31. The van der Waals surface area contributed by atoms with Gasteiger partial charge < -0.3 is 4.74 Å². The van der Waals surface area contributed by atoms with Gasteiger partial charge in [-0.1, -0.05) is 41.6 Å². The Hall–Kier alpha value is -2.65. The first-order valence-electron chi connectivity index (χ1n) is 8.22. The molecule has 3 aromatic rings. The average Bonchev–Trinajstić information content (AvgIpc) is 3.09. The number of para-hydroxylation sites is 1. The van der Waals surface area contributed by atoms with Crippen molar-refractivity contribution in [3.63, 3.8) is 0 Å². The highest BCUT2D eigenvalue weighted by molar-refractivity contribution is 7.99. The molecule has 0 saturated heterocycles. The van der Waals surface area contributed by atoms with E-state index < -0.39 is 11.6 Å². The lowest BCUT2D eigenvalue weighted by Gasteiger charge is -2.29. The molecule has 0 fully saturated rings. The minimum Gasteiger partial charge on any atom is -0.484 e. The molecule has 0 aliphatic carbocycles. The van der Waals surface area contributed by atoms with Crippen molar-refractivity contribution in [2.45, 2.75) is 18.3 Å². The maximum atomic E-state index is 14.1. The maximum Gasteiger partial charge on any atom is 0.252 e. The summed E-state index contributed by atoms with van der Waals surface area (Å²) in [7, 11) is 0. The monoisotopic (exact) mass is 422 g/mol. The average molecular weight is 423 g/mol. The van der Waals surface area contributed by atoms with Crippen molar-refractivity contribution >= 4 is 29.3 Å². The van der Waals surface area contributed by atoms with Gasteiger partial charge in [0.15, 0.2) is 5.82 Å². The summed E-state index contributed by atoms with van der Waals surface area (Å²) in [5, 5.41) is 10.2. The molecule has 0 atom stereocenters. The minimum atomic E-state index is -0.727. The van der Waals surface area contributed by atoms with Gasteiger partial charge in [-0.05, 0) is 24.3 Å². The van der Waals surface area contributed by atoms with E-state index in [1.807, 2.05) is 0 Å². The second kappa shape index (κ2) is 7.76. The Labute approximate surface area is 168 Å². The maximum absolute atomic E-state index is 14.1. The van der Waals surface area contributed by atoms with E-state index in [4.69, 9.17) is 16.3 Å². The molecule has 144 valence electrons. The van der Waals surface area contributed by atoms with Crippen molar-refractivity contribution in [2.75, 3.05) is 10.8 Å². The van der Waals surface area contributed by atoms with Crippen molar-refractivity contribution < 1.29 is 18.3 Å². The minimum absolute atomic E-state index is 0.0270. The van der Waals surface area contributed by atoms with Gasteiger partial charge >= 0.3 is 0 Å². The number of hydrogen-bond acceptors (Lipinski definition) is 5. The Morgan fingerprint density at radius 1 is 1.11 bits per heavy atom. The molecule has 2 aromatic carbocycles. The fourth-order valence-corrected chi connectivity index (χ4v) is 3.74. The third kappa shape index (κ3) is 3.55. The van der Waals surface area contributed by atoms with Gasteiger partial charge in [-0.15, -0.1) is 10.2 Å². The smallest absolute Gasteiger partial charge is 0.252 e. The lowest BCUT2D eigenvalue weighted by Crippen LogP contribution is -2.45. The van der Waals surface area contributed by atoms with Gasteiger partial charge in [-0.25, -0.2) is 18.5 Å². The van der Waals surface area contributed by atoms with E-state index in [2.05, 4.69) is 10.2 Å². The lowest BCUT2D eigenvalue weighted by atomic mass is 10.2. The number of carbonyl (C=O) groups is 1. The SMILES string of the molecule is O=C1CSc2nnc(COc3ccccc3Cl)n2N1Cc1c(F)cccc1F. The van der Waals surface area contributed by atoms with Crippen LogP contribution < -0.4 is 9.75 Å². The Kier molecular flexibility index (Phi) is 5.19. The molecule has 1 aliphatic heterocycles. The molecule has 1 aromatic heterocycles. The molecule has 28 heavy (non-hydrogen) atoms. The van der Waals surface area contributed by atoms with Crippen molar-refractivity contribution in [1.82, 2.24) is 14.9 Å². The highest BCUT2D eigenvalue weighted by atomic mass is 35.5. The summed E-state index contributed by atoms with van der Waals surface area (Å²) in [5.74, 6) is -0.919. The summed E-state index contributed by atoms with van der Waals surface area (Å²) < 4.78 is 35.3. The largest absolute Gasteiger partial charge is 0.484 e. The predicted octanol–water partition coefficient (Wildman–Crippen LogP) is 3.56. The van der Waals surface area contributed by atoms with E-state index in [1.54, 1.807) is 24.3 Å². The van der Waals surface area contributed by atoms with E-state index in [0.29, 0.717) is 21.8 Å². The van der Waals surface area contributed by atoms with Crippen LogP contribution in [0, 0.1) is 11.6 Å². The van der Waals surface area contributed by atoms with Gasteiger partial charge in [0.2, 0.25) is 5.16 Å². The van der Waals surface area contributed by atoms with Gasteiger partial charge in [0, 0.05) is 5.56 Å². The first-order chi connectivity index (χ1) is 13.5. The van der Waals surface area contributed by atoms with Crippen molar-refractivity contribution in [3.8, 4) is 5.75 Å². The predicted molar refractivity (Wildman–Crippen MR) is 99.8 cm³/mol. The Balaban J connectivity index is 1.64. The number of nitrogens with zero attached hydrogens (tertiary/aromatic N) is 4. The summed E-state index contributed by atoms with van der Waals surface area (Å²) in [5.41, 5.74) is -0.208. The topological polar surface area (TPSA) is 60.2 Å². The third-order valence-electron chi connectivity index (χ3n) is 4.09. The van der Waals surface area contributed by atoms with E-state index in [0.717, 1.165) is 12.1 Å². The molecule has 4 rings (SSSR count). The number of amides is 1. The van der Waals surface area contributed by atoms with E-state index >= 15 is 0 Å². The summed E-state index contributed by atoms with van der Waals surface area (Å²) >= 11 is 7.28. The highest BCUT2D eigenvalue weighted by Gasteiger charge is 2.30. The molecule has 0 radical (unpaired) electrons. The summed E-state index contributed by atoms with van der Waals surface area (Å²) in [4.78, 5) is 12.5. The fourth-order valence-electron chi connectivity index (χ4n) is 2.73. The van der Waals surface area contributed by atoms with Gasteiger partial charge in [0.05, 0.1) is 17.3 Å². The highest BCUT2D eigenvalue weighted by Crippen LogP contribution is 2.27.